The molecule has 2 aliphatic carbocycles. The predicted molar refractivity (Wildman–Crippen MR) is 82.8 cm³/mol. The van der Waals surface area contributed by atoms with Crippen molar-refractivity contribution in [2.75, 3.05) is 0 Å². The van der Waals surface area contributed by atoms with Crippen molar-refractivity contribution >= 4 is 5.57 Å². The van der Waals surface area contributed by atoms with Gasteiger partial charge in [0.05, 0.1) is 0 Å². The Bertz CT molecular complexity index is 449. The van der Waals surface area contributed by atoms with Crippen LogP contribution < -0.4 is 0 Å². The minimum absolute atomic E-state index is 0.667. The van der Waals surface area contributed by atoms with Crippen molar-refractivity contribution in [3.8, 4) is 0 Å². The zero-order valence-corrected chi connectivity index (χ0v) is 11.9. The zero-order chi connectivity index (χ0) is 13.5. The van der Waals surface area contributed by atoms with Crippen molar-refractivity contribution < 1.29 is 0 Å². The summed E-state index contributed by atoms with van der Waals surface area (Å²) in [4.78, 5) is 0. The first kappa shape index (κ1) is 14.5. The molecule has 0 amide bonds. The lowest BCUT2D eigenvalue weighted by Gasteiger charge is -2.11. The Morgan fingerprint density at radius 3 is 2.50 bits per heavy atom. The van der Waals surface area contributed by atoms with E-state index >= 15 is 0 Å². The topological polar surface area (TPSA) is 0 Å². The van der Waals surface area contributed by atoms with E-state index in [4.69, 9.17) is 0 Å². The molecule has 0 N–H and O–H groups in total. The molecule has 1 aromatic carbocycles. The molecule has 0 fully saturated rings. The molecule has 1 atom stereocenters. The van der Waals surface area contributed by atoms with Crippen molar-refractivity contribution in [2.24, 2.45) is 0 Å². The van der Waals surface area contributed by atoms with Crippen LogP contribution in [0.25, 0.3) is 5.57 Å². The molecule has 0 aliphatic heterocycles. The van der Waals surface area contributed by atoms with E-state index in [1.54, 1.807) is 16.7 Å². The first-order valence-electron chi connectivity index (χ1n) is 6.90. The maximum atomic E-state index is 3.00. The standard InChI is InChI=1S/C14H14.C2H6.C2H4/c1-2-10-11-6-3-4-7-13(11)14-9-5-8-12(10)14;2*1-2/h3-8,10H,2,9H2,1H3;1-2H3;1-2H2. The normalized spacial score (nSPS) is 18.3. The van der Waals surface area contributed by atoms with Crippen molar-refractivity contribution in [2.45, 2.75) is 39.5 Å². The molecule has 2 aliphatic rings. The lowest BCUT2D eigenvalue weighted by molar-refractivity contribution is 0.792. The summed E-state index contributed by atoms with van der Waals surface area (Å²) in [5.74, 6) is 0.667. The molecule has 0 bridgehead atoms. The Morgan fingerprint density at radius 2 is 1.83 bits per heavy atom. The smallest absolute Gasteiger partial charge is 0.00957 e. The lowest BCUT2D eigenvalue weighted by Crippen LogP contribution is -1.94. The fourth-order valence-corrected chi connectivity index (χ4v) is 2.80. The van der Waals surface area contributed by atoms with Gasteiger partial charge in [0.2, 0.25) is 0 Å². The Balaban J connectivity index is 0.000000371. The Hall–Kier alpha value is -1.56. The van der Waals surface area contributed by atoms with Gasteiger partial charge in [0.25, 0.3) is 0 Å². The van der Waals surface area contributed by atoms with Crippen LogP contribution in [0, 0.1) is 0 Å². The first-order chi connectivity index (χ1) is 8.92. The highest BCUT2D eigenvalue weighted by atomic mass is 14.3. The Kier molecular flexibility index (Phi) is 5.64. The van der Waals surface area contributed by atoms with Crippen molar-refractivity contribution in [3.05, 3.63) is 66.3 Å². The molecule has 0 heterocycles. The molecule has 0 saturated carbocycles. The van der Waals surface area contributed by atoms with E-state index in [2.05, 4.69) is 56.5 Å². The third-order valence-electron chi connectivity index (χ3n) is 3.41. The SMILES string of the molecule is C=C.CC.CCC1C2=C(CC=C2)c2ccccc21. The van der Waals surface area contributed by atoms with E-state index in [1.165, 1.54) is 12.0 Å². The van der Waals surface area contributed by atoms with E-state index in [-0.39, 0.29) is 0 Å². The summed E-state index contributed by atoms with van der Waals surface area (Å²) in [5.41, 5.74) is 6.20. The molecule has 1 unspecified atom stereocenters. The van der Waals surface area contributed by atoms with Crippen LogP contribution in [-0.4, -0.2) is 0 Å². The molecule has 0 aromatic heterocycles. The number of allylic oxidation sites excluding steroid dienone is 4. The summed E-state index contributed by atoms with van der Waals surface area (Å²) >= 11 is 0. The predicted octanol–water partition coefficient (Wildman–Crippen LogP) is 5.74. The van der Waals surface area contributed by atoms with E-state index in [0.717, 1.165) is 6.42 Å². The van der Waals surface area contributed by atoms with Gasteiger partial charge < -0.3 is 0 Å². The summed E-state index contributed by atoms with van der Waals surface area (Å²) in [7, 11) is 0. The third-order valence-corrected chi connectivity index (χ3v) is 3.41. The summed E-state index contributed by atoms with van der Waals surface area (Å²) in [6.45, 7) is 12.3. The third kappa shape index (κ3) is 2.33. The number of hydrogen-bond donors (Lipinski definition) is 0. The van der Waals surface area contributed by atoms with Gasteiger partial charge in [-0.15, -0.1) is 13.2 Å². The monoisotopic (exact) mass is 240 g/mol. The highest BCUT2D eigenvalue weighted by Crippen LogP contribution is 2.47. The van der Waals surface area contributed by atoms with Crippen LogP contribution in [0.1, 0.15) is 50.7 Å². The molecule has 18 heavy (non-hydrogen) atoms. The van der Waals surface area contributed by atoms with Gasteiger partial charge in [-0.05, 0) is 35.1 Å². The second-order valence-electron chi connectivity index (χ2n) is 4.09. The summed E-state index contributed by atoms with van der Waals surface area (Å²) < 4.78 is 0. The molecule has 0 heteroatoms. The molecule has 0 nitrogen and oxygen atoms in total. The summed E-state index contributed by atoms with van der Waals surface area (Å²) in [6, 6.07) is 8.87. The largest absolute Gasteiger partial charge is 0.106 e. The zero-order valence-electron chi connectivity index (χ0n) is 11.9. The van der Waals surface area contributed by atoms with Crippen molar-refractivity contribution in [1.82, 2.24) is 0 Å². The molecule has 1 aromatic rings. The molecule has 0 saturated heterocycles. The lowest BCUT2D eigenvalue weighted by atomic mass is 9.93. The van der Waals surface area contributed by atoms with Crippen LogP contribution in [0.2, 0.25) is 0 Å². The van der Waals surface area contributed by atoms with E-state index < -0.39 is 0 Å². The van der Waals surface area contributed by atoms with E-state index in [0.29, 0.717) is 5.92 Å². The van der Waals surface area contributed by atoms with E-state index in [9.17, 15) is 0 Å². The van der Waals surface area contributed by atoms with Crippen LogP contribution in [0.15, 0.2) is 55.1 Å². The van der Waals surface area contributed by atoms with Gasteiger partial charge in [-0.1, -0.05) is 57.2 Å². The quantitative estimate of drug-likeness (QED) is 0.549. The number of hydrogen-bond acceptors (Lipinski definition) is 0. The van der Waals surface area contributed by atoms with Gasteiger partial charge in [-0.2, -0.15) is 0 Å². The molecule has 96 valence electrons. The van der Waals surface area contributed by atoms with E-state index in [1.807, 2.05) is 13.8 Å². The first-order valence-corrected chi connectivity index (χ1v) is 6.90. The van der Waals surface area contributed by atoms with Crippen molar-refractivity contribution in [1.29, 1.82) is 0 Å². The highest BCUT2D eigenvalue weighted by molar-refractivity contribution is 5.83. The summed E-state index contributed by atoms with van der Waals surface area (Å²) in [5, 5.41) is 0. The maximum Gasteiger partial charge on any atom is 0.00957 e. The fraction of sp³-hybridized carbons (Fsp3) is 0.333. The molecular weight excluding hydrogens is 216 g/mol. The van der Waals surface area contributed by atoms with Crippen LogP contribution in [0.4, 0.5) is 0 Å². The van der Waals surface area contributed by atoms with Crippen LogP contribution >= 0.6 is 0 Å². The molecule has 0 spiro atoms. The average molecular weight is 240 g/mol. The molecular formula is C18H24. The number of benzene rings is 1. The van der Waals surface area contributed by atoms with Gasteiger partial charge in [-0.3, -0.25) is 0 Å². The van der Waals surface area contributed by atoms with Gasteiger partial charge in [0, 0.05) is 5.92 Å². The second-order valence-corrected chi connectivity index (χ2v) is 4.09. The number of rotatable bonds is 1. The Labute approximate surface area is 112 Å². The second kappa shape index (κ2) is 7.00. The highest BCUT2D eigenvalue weighted by Gasteiger charge is 2.29. The van der Waals surface area contributed by atoms with Crippen LogP contribution in [-0.2, 0) is 0 Å². The van der Waals surface area contributed by atoms with Gasteiger partial charge in [0.1, 0.15) is 0 Å². The van der Waals surface area contributed by atoms with Crippen LogP contribution in [0.3, 0.4) is 0 Å². The fourth-order valence-electron chi connectivity index (χ4n) is 2.80. The van der Waals surface area contributed by atoms with Crippen LogP contribution in [0.5, 0.6) is 0 Å². The average Bonchev–Trinajstić information content (AvgIpc) is 3.03. The Morgan fingerprint density at radius 1 is 1.17 bits per heavy atom. The minimum Gasteiger partial charge on any atom is -0.106 e. The van der Waals surface area contributed by atoms with Gasteiger partial charge in [0.15, 0.2) is 0 Å². The number of fused-ring (bicyclic) bond motifs is 2. The molecule has 3 rings (SSSR count). The van der Waals surface area contributed by atoms with Gasteiger partial charge >= 0.3 is 0 Å². The minimum atomic E-state index is 0.667. The van der Waals surface area contributed by atoms with Gasteiger partial charge in [-0.25, -0.2) is 0 Å². The summed E-state index contributed by atoms with van der Waals surface area (Å²) in [6.07, 6.45) is 6.98. The van der Waals surface area contributed by atoms with Crippen molar-refractivity contribution in [3.63, 3.8) is 0 Å². The maximum absolute atomic E-state index is 3.00. The molecule has 0 radical (unpaired) electrons.